The molecule has 0 fully saturated rings. The normalized spacial score (nSPS) is 14.2. The van der Waals surface area contributed by atoms with E-state index in [1.165, 1.54) is 13.8 Å². The minimum atomic E-state index is -4.55. The molecule has 3 aromatic rings. The number of benzene rings is 2. The molecule has 0 bridgehead atoms. The number of rotatable bonds is 8. The number of nitrogens with zero attached hydrogens (tertiary/aromatic N) is 2. The average Bonchev–Trinajstić information content (AvgIpc) is 2.84. The molecule has 0 saturated carbocycles. The molecular weight excluding hydrogens is 507 g/mol. The summed E-state index contributed by atoms with van der Waals surface area (Å²) in [6.45, 7) is 4.48. The standard InChI is InChI=1S/C27H25ClF3N3O3/c1-17(34-24(35)25(2,3)37-23-12-9-21(16-33-23)27(29,30)31)26(36,14-18-7-10-22(28)11-8-18)20-6-4-5-19(13-20)15-32/h4-13,16-17,36H,14H2,1-3H3,(H,34,35)/t17-,26?/m0/s1. The number of hydrogen-bond acceptors (Lipinski definition) is 5. The third-order valence-electron chi connectivity index (χ3n) is 5.91. The maximum atomic E-state index is 13.2. The van der Waals surface area contributed by atoms with Gasteiger partial charge in [0.25, 0.3) is 5.91 Å². The summed E-state index contributed by atoms with van der Waals surface area (Å²) in [6.07, 6.45) is -3.84. The van der Waals surface area contributed by atoms with E-state index in [2.05, 4.69) is 10.3 Å². The Morgan fingerprint density at radius 2 is 1.81 bits per heavy atom. The van der Waals surface area contributed by atoms with Crippen molar-refractivity contribution in [1.82, 2.24) is 10.3 Å². The van der Waals surface area contributed by atoms with E-state index in [4.69, 9.17) is 16.3 Å². The van der Waals surface area contributed by atoms with Gasteiger partial charge in [0, 0.05) is 23.7 Å². The first-order valence-electron chi connectivity index (χ1n) is 11.3. The number of nitrogens with one attached hydrogen (secondary N) is 1. The van der Waals surface area contributed by atoms with Gasteiger partial charge in [-0.25, -0.2) is 4.98 Å². The number of pyridine rings is 1. The van der Waals surface area contributed by atoms with Gasteiger partial charge in [-0.3, -0.25) is 4.79 Å². The van der Waals surface area contributed by atoms with Gasteiger partial charge in [0.15, 0.2) is 5.60 Å². The van der Waals surface area contributed by atoms with E-state index in [1.807, 2.05) is 6.07 Å². The zero-order valence-corrected chi connectivity index (χ0v) is 21.1. The lowest BCUT2D eigenvalue weighted by Crippen LogP contribution is -2.56. The lowest BCUT2D eigenvalue weighted by molar-refractivity contribution is -0.139. The second-order valence-corrected chi connectivity index (χ2v) is 9.55. The SMILES string of the molecule is C[C@H](NC(=O)C(C)(C)Oc1ccc(C(F)(F)F)cn1)C(O)(Cc1ccc(Cl)cc1)c1cccc(C#N)c1. The van der Waals surface area contributed by atoms with Gasteiger partial charge in [0.2, 0.25) is 5.88 Å². The van der Waals surface area contributed by atoms with E-state index in [0.717, 1.165) is 17.7 Å². The molecule has 0 aliphatic rings. The second-order valence-electron chi connectivity index (χ2n) is 9.11. The Morgan fingerprint density at radius 3 is 2.38 bits per heavy atom. The van der Waals surface area contributed by atoms with E-state index in [1.54, 1.807) is 55.5 Å². The summed E-state index contributed by atoms with van der Waals surface area (Å²) in [6, 6.07) is 16.3. The molecule has 194 valence electrons. The maximum absolute atomic E-state index is 13.2. The van der Waals surface area contributed by atoms with E-state index in [-0.39, 0.29) is 12.3 Å². The van der Waals surface area contributed by atoms with Crippen LogP contribution in [0.4, 0.5) is 13.2 Å². The summed E-state index contributed by atoms with van der Waals surface area (Å²) >= 11 is 5.99. The van der Waals surface area contributed by atoms with Crippen LogP contribution in [0.3, 0.4) is 0 Å². The van der Waals surface area contributed by atoms with Gasteiger partial charge >= 0.3 is 6.18 Å². The highest BCUT2D eigenvalue weighted by Crippen LogP contribution is 2.32. The lowest BCUT2D eigenvalue weighted by atomic mass is 9.81. The fraction of sp³-hybridized carbons (Fsp3) is 0.296. The van der Waals surface area contributed by atoms with Crippen LogP contribution in [-0.4, -0.2) is 27.6 Å². The summed E-state index contributed by atoms with van der Waals surface area (Å²) in [5, 5.41) is 24.5. The smallest absolute Gasteiger partial charge is 0.417 e. The van der Waals surface area contributed by atoms with Crippen LogP contribution in [-0.2, 0) is 23.0 Å². The minimum absolute atomic E-state index is 0.0856. The van der Waals surface area contributed by atoms with Gasteiger partial charge in [-0.2, -0.15) is 18.4 Å². The number of carbonyl (C=O) groups excluding carboxylic acids is 1. The first-order valence-corrected chi connectivity index (χ1v) is 11.6. The fourth-order valence-electron chi connectivity index (χ4n) is 3.68. The van der Waals surface area contributed by atoms with Crippen LogP contribution < -0.4 is 10.1 Å². The van der Waals surface area contributed by atoms with Crippen molar-refractivity contribution in [2.45, 2.75) is 50.6 Å². The molecule has 37 heavy (non-hydrogen) atoms. The fourth-order valence-corrected chi connectivity index (χ4v) is 3.81. The van der Waals surface area contributed by atoms with E-state index in [0.29, 0.717) is 22.3 Å². The number of carbonyl (C=O) groups is 1. The Hall–Kier alpha value is -3.61. The Balaban J connectivity index is 1.85. The summed E-state index contributed by atoms with van der Waals surface area (Å²) < 4.78 is 44.0. The van der Waals surface area contributed by atoms with Crippen molar-refractivity contribution >= 4 is 17.5 Å². The van der Waals surface area contributed by atoms with E-state index in [9.17, 15) is 28.3 Å². The van der Waals surface area contributed by atoms with Crippen molar-refractivity contribution < 1.29 is 27.8 Å². The molecule has 2 aromatic carbocycles. The second kappa shape index (κ2) is 10.8. The van der Waals surface area contributed by atoms with Crippen LogP contribution in [0.1, 0.15) is 43.0 Å². The lowest BCUT2D eigenvalue weighted by Gasteiger charge is -2.37. The van der Waals surface area contributed by atoms with Crippen molar-refractivity contribution in [3.05, 3.63) is 94.1 Å². The topological polar surface area (TPSA) is 95.2 Å². The summed E-state index contributed by atoms with van der Waals surface area (Å²) in [7, 11) is 0. The number of ether oxygens (including phenoxy) is 1. The average molecular weight is 532 g/mol. The molecule has 1 aromatic heterocycles. The van der Waals surface area contributed by atoms with Gasteiger partial charge in [-0.05, 0) is 62.2 Å². The highest BCUT2D eigenvalue weighted by molar-refractivity contribution is 6.30. The molecule has 10 heteroatoms. The molecule has 2 atom stereocenters. The Kier molecular flexibility index (Phi) is 8.16. The Bertz CT molecular complexity index is 1290. The van der Waals surface area contributed by atoms with Crippen molar-refractivity contribution in [2.24, 2.45) is 0 Å². The molecule has 1 amide bonds. The van der Waals surface area contributed by atoms with Crippen molar-refractivity contribution in [2.75, 3.05) is 0 Å². The monoisotopic (exact) mass is 531 g/mol. The number of aromatic nitrogens is 1. The quantitative estimate of drug-likeness (QED) is 0.405. The van der Waals surface area contributed by atoms with Gasteiger partial charge in [-0.15, -0.1) is 0 Å². The molecule has 0 aliphatic carbocycles. The first kappa shape index (κ1) is 28.0. The predicted octanol–water partition coefficient (Wildman–Crippen LogP) is 5.42. The highest BCUT2D eigenvalue weighted by atomic mass is 35.5. The van der Waals surface area contributed by atoms with Gasteiger partial charge in [-0.1, -0.05) is 35.9 Å². The van der Waals surface area contributed by atoms with Crippen LogP contribution in [0.5, 0.6) is 5.88 Å². The molecule has 2 N–H and O–H groups in total. The predicted molar refractivity (Wildman–Crippen MR) is 132 cm³/mol. The number of nitriles is 1. The van der Waals surface area contributed by atoms with Crippen molar-refractivity contribution in [3.63, 3.8) is 0 Å². The molecule has 0 radical (unpaired) electrons. The van der Waals surface area contributed by atoms with Gasteiger partial charge in [0.05, 0.1) is 23.2 Å². The molecule has 0 aliphatic heterocycles. The molecule has 1 heterocycles. The Morgan fingerprint density at radius 1 is 1.14 bits per heavy atom. The van der Waals surface area contributed by atoms with Gasteiger partial charge < -0.3 is 15.2 Å². The zero-order chi connectivity index (χ0) is 27.4. The number of hydrogen-bond donors (Lipinski definition) is 2. The number of aliphatic hydroxyl groups is 1. The van der Waals surface area contributed by atoms with E-state index >= 15 is 0 Å². The molecule has 3 rings (SSSR count). The molecular formula is C27H25ClF3N3O3. The third kappa shape index (κ3) is 6.79. The van der Waals surface area contributed by atoms with Crippen LogP contribution in [0, 0.1) is 11.3 Å². The molecule has 0 saturated heterocycles. The van der Waals surface area contributed by atoms with Crippen LogP contribution in [0.2, 0.25) is 5.02 Å². The first-order chi connectivity index (χ1) is 17.2. The number of halogens is 4. The van der Waals surface area contributed by atoms with Gasteiger partial charge in [0.1, 0.15) is 5.60 Å². The van der Waals surface area contributed by atoms with Crippen LogP contribution >= 0.6 is 11.6 Å². The van der Waals surface area contributed by atoms with Crippen LogP contribution in [0.15, 0.2) is 66.9 Å². The summed E-state index contributed by atoms with van der Waals surface area (Å²) in [5.74, 6) is -0.799. The highest BCUT2D eigenvalue weighted by Gasteiger charge is 2.40. The van der Waals surface area contributed by atoms with E-state index < -0.39 is 34.9 Å². The number of alkyl halides is 3. The number of amides is 1. The summed E-state index contributed by atoms with van der Waals surface area (Å²) in [4.78, 5) is 16.8. The third-order valence-corrected chi connectivity index (χ3v) is 6.16. The minimum Gasteiger partial charge on any atom is -0.462 e. The van der Waals surface area contributed by atoms with Crippen molar-refractivity contribution in [3.8, 4) is 11.9 Å². The molecule has 1 unspecified atom stereocenters. The van der Waals surface area contributed by atoms with Crippen LogP contribution in [0.25, 0.3) is 0 Å². The largest absolute Gasteiger partial charge is 0.462 e. The van der Waals surface area contributed by atoms with Crippen molar-refractivity contribution in [1.29, 1.82) is 5.26 Å². The summed E-state index contributed by atoms with van der Waals surface area (Å²) in [5.41, 5.74) is -2.64. The maximum Gasteiger partial charge on any atom is 0.417 e. The molecule has 6 nitrogen and oxygen atoms in total. The zero-order valence-electron chi connectivity index (χ0n) is 20.3. The Labute approximate surface area is 217 Å². The molecule has 0 spiro atoms.